The second kappa shape index (κ2) is 10.7. The molecule has 3 atom stereocenters. The maximum absolute atomic E-state index is 12.6. The molecule has 2 aromatic rings. The van der Waals surface area contributed by atoms with Gasteiger partial charge >= 0.3 is 16.4 Å². The molecule has 0 aliphatic carbocycles. The number of hydrogen-bond donors (Lipinski definition) is 2. The van der Waals surface area contributed by atoms with Crippen LogP contribution in [0.3, 0.4) is 0 Å². The Labute approximate surface area is 181 Å². The minimum Gasteiger partial charge on any atom is -0.373 e. The summed E-state index contributed by atoms with van der Waals surface area (Å²) >= 11 is 0. The van der Waals surface area contributed by atoms with Crippen LogP contribution in [0.4, 0.5) is 10.5 Å². The number of para-hydroxylation sites is 1. The zero-order valence-electron chi connectivity index (χ0n) is 17.1. The second-order valence-corrected chi connectivity index (χ2v) is 8.28. The Balaban J connectivity index is 1.63. The molecule has 31 heavy (non-hydrogen) atoms. The van der Waals surface area contributed by atoms with Crippen LogP contribution >= 0.6 is 0 Å². The lowest BCUT2D eigenvalue weighted by Crippen LogP contribution is -2.51. The van der Waals surface area contributed by atoms with E-state index in [2.05, 4.69) is 9.50 Å². The minimum atomic E-state index is -4.60. The molecule has 9 nitrogen and oxygen atoms in total. The van der Waals surface area contributed by atoms with E-state index in [0.29, 0.717) is 25.1 Å². The number of benzene rings is 2. The molecule has 0 spiro atoms. The van der Waals surface area contributed by atoms with Gasteiger partial charge in [0.1, 0.15) is 6.23 Å². The summed E-state index contributed by atoms with van der Waals surface area (Å²) in [5, 5.41) is 2.79. The van der Waals surface area contributed by atoms with Gasteiger partial charge in [-0.1, -0.05) is 48.5 Å². The van der Waals surface area contributed by atoms with Gasteiger partial charge in [-0.05, 0) is 17.7 Å². The van der Waals surface area contributed by atoms with Gasteiger partial charge in [0.05, 0.1) is 25.4 Å². The largest absolute Gasteiger partial charge is 0.397 e. The highest BCUT2D eigenvalue weighted by atomic mass is 32.3. The summed E-state index contributed by atoms with van der Waals surface area (Å²) in [4.78, 5) is 14.1. The number of nitrogens with zero attached hydrogens (tertiary/aromatic N) is 1. The number of rotatable bonds is 8. The summed E-state index contributed by atoms with van der Waals surface area (Å²) in [6, 6.07) is 18.3. The first-order valence-electron chi connectivity index (χ1n) is 9.82. The highest BCUT2D eigenvalue weighted by Crippen LogP contribution is 2.23. The molecule has 2 amide bonds. The van der Waals surface area contributed by atoms with E-state index in [1.807, 2.05) is 48.5 Å². The van der Waals surface area contributed by atoms with Crippen molar-refractivity contribution in [1.82, 2.24) is 5.32 Å². The van der Waals surface area contributed by atoms with Crippen molar-refractivity contribution in [3.63, 3.8) is 0 Å². The van der Waals surface area contributed by atoms with Crippen molar-refractivity contribution in [3.05, 3.63) is 66.2 Å². The molecule has 1 heterocycles. The molecule has 0 saturated carbocycles. The Morgan fingerprint density at radius 1 is 1.13 bits per heavy atom. The third-order valence-corrected chi connectivity index (χ3v) is 5.26. The normalized spacial score (nSPS) is 21.4. The highest BCUT2D eigenvalue weighted by molar-refractivity contribution is 7.80. The van der Waals surface area contributed by atoms with Crippen LogP contribution in [0.1, 0.15) is 18.4 Å². The number of carbonyl (C=O) groups is 1. The molecule has 10 heteroatoms. The van der Waals surface area contributed by atoms with E-state index >= 15 is 0 Å². The molecule has 1 fully saturated rings. The Bertz CT molecular complexity index is 941. The van der Waals surface area contributed by atoms with Gasteiger partial charge in [-0.2, -0.15) is 8.42 Å². The maximum atomic E-state index is 12.6. The second-order valence-electron chi connectivity index (χ2n) is 7.19. The van der Waals surface area contributed by atoms with E-state index in [0.717, 1.165) is 5.56 Å². The molecular formula is C21H26N2O7S. The third-order valence-electron chi connectivity index (χ3n) is 4.82. The number of nitrogens with one attached hydrogen (secondary N) is 1. The third kappa shape index (κ3) is 7.60. The van der Waals surface area contributed by atoms with Crippen LogP contribution in [0.5, 0.6) is 0 Å². The predicted octanol–water partition coefficient (Wildman–Crippen LogP) is 2.74. The Hall–Kier alpha value is -2.50. The summed E-state index contributed by atoms with van der Waals surface area (Å²) in [6.45, 7) is -0.0209. The molecule has 0 unspecified atom stereocenters. The number of anilines is 1. The average Bonchev–Trinajstić information content (AvgIpc) is 2.76. The van der Waals surface area contributed by atoms with E-state index in [1.54, 1.807) is 19.2 Å². The first kappa shape index (κ1) is 23.2. The lowest BCUT2D eigenvalue weighted by Gasteiger charge is -2.36. The SMILES string of the molecule is CN(C(=O)N[C@H]1C[C@@H](OCc2ccccc2)C[C@@H](COS(=O)(=O)O)O1)c1ccccc1. The van der Waals surface area contributed by atoms with Gasteiger partial charge in [-0.3, -0.25) is 9.45 Å². The van der Waals surface area contributed by atoms with Crippen molar-refractivity contribution < 1.29 is 31.4 Å². The van der Waals surface area contributed by atoms with E-state index in [-0.39, 0.29) is 18.7 Å². The van der Waals surface area contributed by atoms with Crippen molar-refractivity contribution in [2.75, 3.05) is 18.6 Å². The molecular weight excluding hydrogens is 424 g/mol. The molecule has 3 rings (SSSR count). The molecule has 1 saturated heterocycles. The van der Waals surface area contributed by atoms with Gasteiger partial charge in [-0.25, -0.2) is 8.98 Å². The number of ether oxygens (including phenoxy) is 2. The molecule has 0 aromatic heterocycles. The molecule has 168 valence electrons. The first-order chi connectivity index (χ1) is 14.8. The van der Waals surface area contributed by atoms with Crippen molar-refractivity contribution >= 4 is 22.1 Å². The van der Waals surface area contributed by atoms with E-state index in [4.69, 9.17) is 14.0 Å². The van der Waals surface area contributed by atoms with E-state index < -0.39 is 22.7 Å². The fourth-order valence-electron chi connectivity index (χ4n) is 3.26. The fourth-order valence-corrected chi connectivity index (χ4v) is 3.59. The van der Waals surface area contributed by atoms with Crippen molar-refractivity contribution in [3.8, 4) is 0 Å². The molecule has 0 bridgehead atoms. The predicted molar refractivity (Wildman–Crippen MR) is 114 cm³/mol. The summed E-state index contributed by atoms with van der Waals surface area (Å²) in [5.41, 5.74) is 1.70. The zero-order chi connectivity index (χ0) is 22.3. The molecule has 2 N–H and O–H groups in total. The summed E-state index contributed by atoms with van der Waals surface area (Å²) in [5.74, 6) is 0. The van der Waals surface area contributed by atoms with Crippen molar-refractivity contribution in [1.29, 1.82) is 0 Å². The number of urea groups is 1. The molecule has 0 radical (unpaired) electrons. The number of amides is 2. The van der Waals surface area contributed by atoms with Crippen LogP contribution in [0.2, 0.25) is 0 Å². The Morgan fingerprint density at radius 2 is 1.77 bits per heavy atom. The van der Waals surface area contributed by atoms with Crippen LogP contribution in [-0.4, -0.2) is 51.1 Å². The topological polar surface area (TPSA) is 114 Å². The van der Waals surface area contributed by atoms with Crippen LogP contribution in [-0.2, 0) is 30.7 Å². The number of carbonyl (C=O) groups excluding carboxylic acids is 1. The summed E-state index contributed by atoms with van der Waals surface area (Å²) in [7, 11) is -2.97. The van der Waals surface area contributed by atoms with Gasteiger partial charge in [0, 0.05) is 25.6 Å². The van der Waals surface area contributed by atoms with Crippen molar-refractivity contribution in [2.45, 2.75) is 37.9 Å². The van der Waals surface area contributed by atoms with Gasteiger partial charge in [0.25, 0.3) is 0 Å². The first-order valence-corrected chi connectivity index (χ1v) is 11.2. The Kier molecular flexibility index (Phi) is 7.99. The Morgan fingerprint density at radius 3 is 2.42 bits per heavy atom. The maximum Gasteiger partial charge on any atom is 0.397 e. The lowest BCUT2D eigenvalue weighted by molar-refractivity contribution is -0.134. The monoisotopic (exact) mass is 450 g/mol. The fraction of sp³-hybridized carbons (Fsp3) is 0.381. The zero-order valence-corrected chi connectivity index (χ0v) is 17.9. The molecule has 2 aromatic carbocycles. The summed E-state index contributed by atoms with van der Waals surface area (Å²) in [6.07, 6.45) is -0.990. The lowest BCUT2D eigenvalue weighted by atomic mass is 10.0. The van der Waals surface area contributed by atoms with Crippen LogP contribution in [0, 0.1) is 0 Å². The average molecular weight is 451 g/mol. The van der Waals surface area contributed by atoms with Crippen LogP contribution in [0.25, 0.3) is 0 Å². The summed E-state index contributed by atoms with van der Waals surface area (Å²) < 4.78 is 47.0. The van der Waals surface area contributed by atoms with Gasteiger partial charge in [0.2, 0.25) is 0 Å². The van der Waals surface area contributed by atoms with Crippen LogP contribution < -0.4 is 10.2 Å². The van der Waals surface area contributed by atoms with Crippen LogP contribution in [0.15, 0.2) is 60.7 Å². The van der Waals surface area contributed by atoms with Gasteiger partial charge in [0.15, 0.2) is 0 Å². The quantitative estimate of drug-likeness (QED) is 0.594. The van der Waals surface area contributed by atoms with Crippen molar-refractivity contribution in [2.24, 2.45) is 0 Å². The smallest absolute Gasteiger partial charge is 0.373 e. The highest BCUT2D eigenvalue weighted by Gasteiger charge is 2.32. The standard InChI is InChI=1S/C21H26N2O7S/c1-23(17-10-6-3-7-11-17)21(24)22-20-13-18(28-14-16-8-4-2-5-9-16)12-19(30-20)15-29-31(25,26)27/h2-11,18-20H,12-15H2,1H3,(H,22,24)(H,25,26,27)/t18-,19-,20+/m0/s1. The van der Waals surface area contributed by atoms with E-state index in [1.165, 1.54) is 4.90 Å². The number of hydrogen-bond acceptors (Lipinski definition) is 6. The molecule has 1 aliphatic heterocycles. The minimum absolute atomic E-state index is 0.309. The van der Waals surface area contributed by atoms with Gasteiger partial charge < -0.3 is 14.8 Å². The van der Waals surface area contributed by atoms with E-state index in [9.17, 15) is 13.2 Å². The molecule has 1 aliphatic rings. The van der Waals surface area contributed by atoms with Gasteiger partial charge in [-0.15, -0.1) is 0 Å².